The van der Waals surface area contributed by atoms with E-state index in [1.54, 1.807) is 0 Å². The highest BCUT2D eigenvalue weighted by atomic mass is 35.5. The van der Waals surface area contributed by atoms with Crippen LogP contribution in [0.15, 0.2) is 54.6 Å². The van der Waals surface area contributed by atoms with Gasteiger partial charge >= 0.3 is 6.09 Å². The number of amides is 1. The zero-order valence-electron chi connectivity index (χ0n) is 16.3. The van der Waals surface area contributed by atoms with E-state index in [0.717, 1.165) is 22.9 Å². The van der Waals surface area contributed by atoms with Gasteiger partial charge in [0.05, 0.1) is 0 Å². The molecule has 0 saturated carbocycles. The lowest BCUT2D eigenvalue weighted by molar-refractivity contribution is 0.111. The van der Waals surface area contributed by atoms with E-state index in [1.807, 2.05) is 48.5 Å². The molecule has 1 amide bonds. The Bertz CT molecular complexity index is 722. The van der Waals surface area contributed by atoms with E-state index in [-0.39, 0.29) is 0 Å². The molecule has 4 nitrogen and oxygen atoms in total. The molecule has 3 saturated heterocycles. The molecule has 2 bridgehead atoms. The van der Waals surface area contributed by atoms with E-state index in [0.29, 0.717) is 13.1 Å². The van der Waals surface area contributed by atoms with Gasteiger partial charge in [0, 0.05) is 18.1 Å². The topological polar surface area (TPSA) is 43.8 Å². The molecule has 1 N–H and O–H groups in total. The largest absolute Gasteiger partial charge is 0.465 e. The number of carboxylic acid groups (broad SMARTS) is 1. The molecule has 4 aliphatic rings. The summed E-state index contributed by atoms with van der Waals surface area (Å²) in [4.78, 5) is 14.7. The Morgan fingerprint density at radius 2 is 1.43 bits per heavy atom. The molecule has 0 spiro atoms. The highest BCUT2D eigenvalue weighted by Gasteiger charge is 2.24. The summed E-state index contributed by atoms with van der Waals surface area (Å²) in [6.07, 6.45) is 4.47. The van der Waals surface area contributed by atoms with Crippen LogP contribution >= 0.6 is 11.6 Å². The zero-order chi connectivity index (χ0) is 19.8. The van der Waals surface area contributed by atoms with Gasteiger partial charge in [-0.25, -0.2) is 4.79 Å². The molecule has 4 aliphatic heterocycles. The summed E-state index contributed by atoms with van der Waals surface area (Å²) in [6.45, 7) is 5.33. The van der Waals surface area contributed by atoms with Crippen LogP contribution in [0.4, 0.5) is 4.79 Å². The summed E-state index contributed by atoms with van der Waals surface area (Å²) in [5, 5.41) is 9.58. The van der Waals surface area contributed by atoms with Gasteiger partial charge in [-0.2, -0.15) is 0 Å². The molecule has 0 unspecified atom stereocenters. The average Bonchev–Trinajstić information content (AvgIpc) is 2.76. The molecule has 0 radical (unpaired) electrons. The first-order valence-electron chi connectivity index (χ1n) is 10.1. The van der Waals surface area contributed by atoms with Crippen molar-refractivity contribution in [3.05, 3.63) is 70.7 Å². The van der Waals surface area contributed by atoms with Crippen LogP contribution in [-0.4, -0.2) is 47.2 Å². The van der Waals surface area contributed by atoms with Crippen molar-refractivity contribution in [2.24, 2.45) is 5.92 Å². The van der Waals surface area contributed by atoms with Gasteiger partial charge in [-0.05, 0) is 74.5 Å². The first kappa shape index (κ1) is 20.7. The van der Waals surface area contributed by atoms with Crippen LogP contribution in [-0.2, 0) is 13.0 Å². The van der Waals surface area contributed by atoms with Gasteiger partial charge in [-0.1, -0.05) is 54.1 Å². The molecule has 2 aromatic rings. The van der Waals surface area contributed by atoms with Crippen LogP contribution in [0.5, 0.6) is 0 Å². The summed E-state index contributed by atoms with van der Waals surface area (Å²) < 4.78 is 0. The minimum atomic E-state index is -0.825. The summed E-state index contributed by atoms with van der Waals surface area (Å²) >= 11 is 5.54. The number of nitrogens with zero attached hydrogens (tertiary/aromatic N) is 2. The van der Waals surface area contributed by atoms with E-state index in [4.69, 9.17) is 16.7 Å². The van der Waals surface area contributed by atoms with Gasteiger partial charge in [0.25, 0.3) is 0 Å². The Labute approximate surface area is 172 Å². The van der Waals surface area contributed by atoms with Crippen molar-refractivity contribution in [3.63, 3.8) is 0 Å². The maximum Gasteiger partial charge on any atom is 0.407 e. The van der Waals surface area contributed by atoms with Crippen molar-refractivity contribution in [3.8, 4) is 0 Å². The summed E-state index contributed by atoms with van der Waals surface area (Å²) in [5.74, 6) is 1.11. The van der Waals surface area contributed by atoms with Crippen LogP contribution in [0.3, 0.4) is 0 Å². The van der Waals surface area contributed by atoms with E-state index >= 15 is 0 Å². The number of halogens is 1. The van der Waals surface area contributed by atoms with E-state index in [9.17, 15) is 4.79 Å². The van der Waals surface area contributed by atoms with Crippen LogP contribution in [0.25, 0.3) is 0 Å². The smallest absolute Gasteiger partial charge is 0.407 e. The maximum absolute atomic E-state index is 10.7. The van der Waals surface area contributed by atoms with Gasteiger partial charge in [-0.3, -0.25) is 0 Å². The Hall–Kier alpha value is -2.04. The summed E-state index contributed by atoms with van der Waals surface area (Å²) in [5.41, 5.74) is 2.41. The third-order valence-corrected chi connectivity index (χ3v) is 5.95. The normalized spacial score (nSPS) is 22.1. The molecule has 150 valence electrons. The molecular formula is C23H29ClN2O2. The van der Waals surface area contributed by atoms with Gasteiger partial charge in [0.15, 0.2) is 0 Å². The second kappa shape index (κ2) is 10.5. The highest BCUT2D eigenvalue weighted by molar-refractivity contribution is 6.30. The lowest BCUT2D eigenvalue weighted by Crippen LogP contribution is -2.41. The first-order valence-corrected chi connectivity index (χ1v) is 10.5. The van der Waals surface area contributed by atoms with Crippen molar-refractivity contribution < 1.29 is 9.90 Å². The Balaban J connectivity index is 0.000000129. The molecule has 3 fully saturated rings. The van der Waals surface area contributed by atoms with Crippen molar-refractivity contribution >= 4 is 17.7 Å². The Morgan fingerprint density at radius 3 is 1.86 bits per heavy atom. The maximum atomic E-state index is 10.7. The second-order valence-electron chi connectivity index (χ2n) is 7.59. The standard InChI is InChI=1S/C10H11NO2.C7H13N.C6H5Cl/c12-10(13)11-6-5-8-3-1-2-4-9(8)7-11;1-4-8-5-2-7(1)3-6-8;7-6-4-2-1-3-5-6/h1-4H,5-7H2,(H,12,13);7H,1-6H2;1-5H. The predicted octanol–water partition coefficient (Wildman–Crippen LogP) is 5.16. The lowest BCUT2D eigenvalue weighted by Gasteiger charge is -2.38. The second-order valence-corrected chi connectivity index (χ2v) is 8.03. The number of rotatable bonds is 0. The number of piperidine rings is 3. The molecule has 0 aromatic heterocycles. The van der Waals surface area contributed by atoms with Crippen molar-refractivity contribution in [2.75, 3.05) is 26.2 Å². The van der Waals surface area contributed by atoms with Crippen molar-refractivity contribution in [1.29, 1.82) is 0 Å². The van der Waals surface area contributed by atoms with Crippen molar-refractivity contribution in [2.45, 2.75) is 32.2 Å². The number of hydrogen-bond acceptors (Lipinski definition) is 2. The van der Waals surface area contributed by atoms with Gasteiger partial charge in [0.2, 0.25) is 0 Å². The fourth-order valence-corrected chi connectivity index (χ4v) is 4.08. The monoisotopic (exact) mass is 400 g/mol. The molecule has 4 heterocycles. The first-order chi connectivity index (χ1) is 13.6. The minimum absolute atomic E-state index is 0.533. The number of carbonyl (C=O) groups is 1. The van der Waals surface area contributed by atoms with Crippen LogP contribution in [0.2, 0.25) is 5.02 Å². The summed E-state index contributed by atoms with van der Waals surface area (Å²) in [6, 6.07) is 17.4. The number of fused-ring (bicyclic) bond motifs is 4. The third-order valence-electron chi connectivity index (χ3n) is 5.70. The van der Waals surface area contributed by atoms with Gasteiger partial charge in [-0.15, -0.1) is 0 Å². The molecule has 2 aromatic carbocycles. The van der Waals surface area contributed by atoms with Crippen molar-refractivity contribution in [1.82, 2.24) is 9.80 Å². The van der Waals surface area contributed by atoms with Crippen LogP contribution in [0.1, 0.15) is 30.4 Å². The van der Waals surface area contributed by atoms with E-state index in [2.05, 4.69) is 11.0 Å². The Morgan fingerprint density at radius 1 is 0.857 bits per heavy atom. The minimum Gasteiger partial charge on any atom is -0.465 e. The molecule has 0 atom stereocenters. The van der Waals surface area contributed by atoms with E-state index < -0.39 is 6.09 Å². The van der Waals surface area contributed by atoms with Gasteiger partial charge in [0.1, 0.15) is 0 Å². The van der Waals surface area contributed by atoms with E-state index in [1.165, 1.54) is 49.4 Å². The molecule has 5 heteroatoms. The zero-order valence-corrected chi connectivity index (χ0v) is 17.0. The summed E-state index contributed by atoms with van der Waals surface area (Å²) in [7, 11) is 0. The number of benzene rings is 2. The fourth-order valence-electron chi connectivity index (χ4n) is 3.94. The quantitative estimate of drug-likeness (QED) is 0.663. The average molecular weight is 401 g/mol. The lowest BCUT2D eigenvalue weighted by atomic mass is 9.89. The highest BCUT2D eigenvalue weighted by Crippen LogP contribution is 2.26. The fraction of sp³-hybridized carbons (Fsp3) is 0.435. The Kier molecular flexibility index (Phi) is 7.75. The van der Waals surface area contributed by atoms with Crippen LogP contribution < -0.4 is 0 Å². The molecule has 0 aliphatic carbocycles. The van der Waals surface area contributed by atoms with Crippen LogP contribution in [0, 0.1) is 5.92 Å². The molecular weight excluding hydrogens is 372 g/mol. The predicted molar refractivity (Wildman–Crippen MR) is 114 cm³/mol. The third kappa shape index (κ3) is 6.25. The molecule has 28 heavy (non-hydrogen) atoms. The number of hydrogen-bond donors (Lipinski definition) is 1. The SMILES string of the molecule is C1CN2CCC1CC2.Clc1ccccc1.O=C(O)N1CCc2ccccc2C1. The van der Waals surface area contributed by atoms with Gasteiger partial charge < -0.3 is 14.9 Å². The molecule has 6 rings (SSSR count).